The molecule has 1 aliphatic heterocycles. The minimum atomic E-state index is -1.96. The van der Waals surface area contributed by atoms with E-state index in [-0.39, 0.29) is 30.3 Å². The summed E-state index contributed by atoms with van der Waals surface area (Å²) < 4.78 is 28.2. The number of carbonyl (C=O) groups excluding carboxylic acids is 1. The minimum absolute atomic E-state index is 0.207. The summed E-state index contributed by atoms with van der Waals surface area (Å²) in [6.07, 6.45) is 4.42. The summed E-state index contributed by atoms with van der Waals surface area (Å²) in [4.78, 5) is 34.5. The maximum atomic E-state index is 13.6. The zero-order valence-corrected chi connectivity index (χ0v) is 15.4. The monoisotopic (exact) mass is 410 g/mol. The summed E-state index contributed by atoms with van der Waals surface area (Å²) in [5.74, 6) is -0.433. The van der Waals surface area contributed by atoms with Crippen LogP contribution in [0, 0.1) is 0 Å². The number of aromatic nitrogens is 3. The van der Waals surface area contributed by atoms with Crippen molar-refractivity contribution in [1.29, 1.82) is 0 Å². The van der Waals surface area contributed by atoms with Gasteiger partial charge in [-0.3, -0.25) is 14.6 Å². The number of carbonyl (C=O) groups is 1. The van der Waals surface area contributed by atoms with E-state index in [1.807, 2.05) is 0 Å². The first-order chi connectivity index (χ1) is 12.9. The highest BCUT2D eigenvalue weighted by atomic mass is 35.5. The van der Waals surface area contributed by atoms with E-state index >= 15 is 0 Å². The number of hydrogen-bond donors (Lipinski definition) is 0. The van der Waals surface area contributed by atoms with E-state index in [0.29, 0.717) is 16.6 Å². The number of likely N-dealkylation sites (tertiary alicyclic amines) is 1. The lowest BCUT2D eigenvalue weighted by atomic mass is 9.98. The Hall–Kier alpha value is -2.39. The molecule has 4 rings (SSSR count). The molecule has 0 aliphatic carbocycles. The molecule has 0 bridgehead atoms. The van der Waals surface area contributed by atoms with Crippen LogP contribution in [-0.2, 0) is 11.3 Å². The molecular formula is C17H13ClF2N4O2S. The van der Waals surface area contributed by atoms with Crippen molar-refractivity contribution in [1.82, 2.24) is 19.4 Å². The normalized spacial score (nSPS) is 15.7. The molecule has 0 atom stereocenters. The number of hydrogen-bond acceptors (Lipinski definition) is 5. The van der Waals surface area contributed by atoms with Crippen LogP contribution in [0.2, 0.25) is 5.15 Å². The van der Waals surface area contributed by atoms with E-state index < -0.39 is 18.3 Å². The van der Waals surface area contributed by atoms with Gasteiger partial charge in [-0.2, -0.15) is 0 Å². The third-order valence-electron chi connectivity index (χ3n) is 4.43. The lowest BCUT2D eigenvalue weighted by Crippen LogP contribution is -2.62. The van der Waals surface area contributed by atoms with Crippen LogP contribution in [0.3, 0.4) is 0 Å². The molecule has 1 fully saturated rings. The van der Waals surface area contributed by atoms with Crippen molar-refractivity contribution in [2.75, 3.05) is 19.8 Å². The summed E-state index contributed by atoms with van der Waals surface area (Å²) >= 11 is 7.25. The Labute approximate surface area is 161 Å². The van der Waals surface area contributed by atoms with Crippen LogP contribution < -0.4 is 5.56 Å². The topological polar surface area (TPSA) is 68.1 Å². The Morgan fingerprint density at radius 3 is 2.85 bits per heavy atom. The van der Waals surface area contributed by atoms with Gasteiger partial charge in [0.2, 0.25) is 5.91 Å². The molecule has 1 amide bonds. The lowest BCUT2D eigenvalue weighted by Gasteiger charge is -2.42. The predicted octanol–water partition coefficient (Wildman–Crippen LogP) is 2.69. The third kappa shape index (κ3) is 3.21. The van der Waals surface area contributed by atoms with Crippen molar-refractivity contribution in [2.24, 2.45) is 0 Å². The van der Waals surface area contributed by atoms with Crippen molar-refractivity contribution in [2.45, 2.75) is 12.2 Å². The van der Waals surface area contributed by atoms with E-state index in [1.165, 1.54) is 39.4 Å². The average Bonchev–Trinajstić information content (AvgIpc) is 3.06. The van der Waals surface area contributed by atoms with Crippen molar-refractivity contribution < 1.29 is 13.6 Å². The van der Waals surface area contributed by atoms with Gasteiger partial charge in [0.1, 0.15) is 18.4 Å². The summed E-state index contributed by atoms with van der Waals surface area (Å²) in [7, 11) is 0. The van der Waals surface area contributed by atoms with Crippen LogP contribution >= 0.6 is 22.9 Å². The zero-order chi connectivity index (χ0) is 19.2. The Bertz CT molecular complexity index is 1090. The average molecular weight is 411 g/mol. The number of alkyl halides is 2. The molecule has 0 radical (unpaired) electrons. The van der Waals surface area contributed by atoms with Gasteiger partial charge in [-0.1, -0.05) is 11.6 Å². The molecule has 0 N–H and O–H groups in total. The van der Waals surface area contributed by atoms with Gasteiger partial charge >= 0.3 is 0 Å². The van der Waals surface area contributed by atoms with Crippen molar-refractivity contribution >= 4 is 38.9 Å². The highest BCUT2D eigenvalue weighted by molar-refractivity contribution is 7.17. The number of thiophene rings is 1. The largest absolute Gasteiger partial charge is 0.334 e. The van der Waals surface area contributed by atoms with Gasteiger partial charge in [0.05, 0.1) is 36.6 Å². The summed E-state index contributed by atoms with van der Waals surface area (Å²) in [5, 5.41) is 2.41. The molecular weight excluding hydrogens is 398 g/mol. The molecule has 4 heterocycles. The number of nitrogens with zero attached hydrogens (tertiary/aromatic N) is 4. The second-order valence-corrected chi connectivity index (χ2v) is 7.70. The molecule has 3 aromatic heterocycles. The Kier molecular flexibility index (Phi) is 4.43. The van der Waals surface area contributed by atoms with Crippen molar-refractivity contribution in [3.8, 4) is 11.3 Å². The van der Waals surface area contributed by atoms with Gasteiger partial charge in [-0.25, -0.2) is 13.8 Å². The number of fused-ring (bicyclic) bond motifs is 1. The molecule has 1 aliphatic rings. The fraction of sp³-hybridized carbons (Fsp3) is 0.294. The molecule has 10 heteroatoms. The van der Waals surface area contributed by atoms with Gasteiger partial charge in [0.15, 0.2) is 5.67 Å². The smallest absolute Gasteiger partial charge is 0.260 e. The van der Waals surface area contributed by atoms with Crippen molar-refractivity contribution in [3.05, 3.63) is 45.5 Å². The van der Waals surface area contributed by atoms with E-state index in [0.717, 1.165) is 4.70 Å². The zero-order valence-electron chi connectivity index (χ0n) is 13.9. The van der Waals surface area contributed by atoms with E-state index in [2.05, 4.69) is 9.97 Å². The van der Waals surface area contributed by atoms with Gasteiger partial charge < -0.3 is 9.47 Å². The van der Waals surface area contributed by atoms with Crippen LogP contribution in [0.4, 0.5) is 8.78 Å². The van der Waals surface area contributed by atoms with E-state index in [4.69, 9.17) is 11.6 Å². The Morgan fingerprint density at radius 1 is 1.37 bits per heavy atom. The summed E-state index contributed by atoms with van der Waals surface area (Å²) in [6, 6.07) is 1.73. The fourth-order valence-corrected chi connectivity index (χ4v) is 4.10. The first-order valence-corrected chi connectivity index (χ1v) is 9.27. The summed E-state index contributed by atoms with van der Waals surface area (Å²) in [5.41, 5.74) is -1.28. The molecule has 27 heavy (non-hydrogen) atoms. The van der Waals surface area contributed by atoms with Gasteiger partial charge in [0, 0.05) is 21.8 Å². The Morgan fingerprint density at radius 2 is 2.15 bits per heavy atom. The predicted molar refractivity (Wildman–Crippen MR) is 98.5 cm³/mol. The van der Waals surface area contributed by atoms with Gasteiger partial charge in [-0.15, -0.1) is 11.3 Å². The molecule has 0 unspecified atom stereocenters. The highest BCUT2D eigenvalue weighted by Crippen LogP contribution is 2.31. The third-order valence-corrected chi connectivity index (χ3v) is 5.56. The van der Waals surface area contributed by atoms with Crippen molar-refractivity contribution in [3.63, 3.8) is 0 Å². The number of amides is 1. The van der Waals surface area contributed by atoms with E-state index in [9.17, 15) is 18.4 Å². The molecule has 3 aromatic rings. The number of pyridine rings is 1. The second kappa shape index (κ2) is 6.65. The first kappa shape index (κ1) is 18.0. The molecule has 140 valence electrons. The summed E-state index contributed by atoms with van der Waals surface area (Å²) in [6.45, 7) is -1.95. The second-order valence-electron chi connectivity index (χ2n) is 6.40. The van der Waals surface area contributed by atoms with Crippen LogP contribution in [-0.4, -0.2) is 50.8 Å². The lowest BCUT2D eigenvalue weighted by molar-refractivity contribution is -0.147. The fourth-order valence-electron chi connectivity index (χ4n) is 3.01. The van der Waals surface area contributed by atoms with Crippen LogP contribution in [0.5, 0.6) is 0 Å². The Balaban J connectivity index is 1.65. The molecule has 1 saturated heterocycles. The van der Waals surface area contributed by atoms with E-state index in [1.54, 1.807) is 11.4 Å². The van der Waals surface area contributed by atoms with Gasteiger partial charge in [0.25, 0.3) is 5.56 Å². The highest BCUT2D eigenvalue weighted by Gasteiger charge is 2.45. The molecule has 0 spiro atoms. The SMILES string of the molecule is O=C(Cn1ccc2scc(-c3cncc(Cl)n3)c2c1=O)N1CC(F)(CF)C1. The molecule has 0 aromatic carbocycles. The van der Waals surface area contributed by atoms with Crippen LogP contribution in [0.1, 0.15) is 0 Å². The van der Waals surface area contributed by atoms with Crippen LogP contribution in [0.15, 0.2) is 34.8 Å². The van der Waals surface area contributed by atoms with Crippen LogP contribution in [0.25, 0.3) is 21.3 Å². The number of rotatable bonds is 4. The minimum Gasteiger partial charge on any atom is -0.334 e. The molecule has 6 nitrogen and oxygen atoms in total. The first-order valence-electron chi connectivity index (χ1n) is 8.01. The van der Waals surface area contributed by atoms with Gasteiger partial charge in [-0.05, 0) is 6.07 Å². The maximum Gasteiger partial charge on any atom is 0.260 e. The maximum absolute atomic E-state index is 13.6. The quantitative estimate of drug-likeness (QED) is 0.663. The molecule has 0 saturated carbocycles. The number of halogens is 3. The standard InChI is InChI=1S/C17H13ClF2N4O2S/c18-13-4-21-3-11(22-13)10-6-27-12-1-2-23(16(26)15(10)12)5-14(25)24-8-17(20,7-19)9-24/h1-4,6H,5,7-9H2.